The summed E-state index contributed by atoms with van der Waals surface area (Å²) in [7, 11) is 0. The van der Waals surface area contributed by atoms with Crippen LogP contribution in [0.2, 0.25) is 0 Å². The lowest BCUT2D eigenvalue weighted by Crippen LogP contribution is -2.58. The molecule has 5 heteroatoms. The summed E-state index contributed by atoms with van der Waals surface area (Å²) in [6, 6.07) is 0.600. The Hall–Kier alpha value is -0.650. The second-order valence-corrected chi connectivity index (χ2v) is 7.27. The van der Waals surface area contributed by atoms with Crippen LogP contribution in [0.15, 0.2) is 0 Å². The largest absolute Gasteiger partial charge is 0.480 e. The van der Waals surface area contributed by atoms with E-state index in [4.69, 9.17) is 0 Å². The van der Waals surface area contributed by atoms with Crippen LogP contribution in [0, 0.1) is 11.8 Å². The van der Waals surface area contributed by atoms with Crippen molar-refractivity contribution in [3.63, 3.8) is 0 Å². The summed E-state index contributed by atoms with van der Waals surface area (Å²) in [5, 5.41) is 12.7. The highest BCUT2D eigenvalue weighted by Gasteiger charge is 2.52. The van der Waals surface area contributed by atoms with Gasteiger partial charge >= 0.3 is 5.97 Å². The number of carboxylic acid groups (broad SMARTS) is 1. The maximum atomic E-state index is 11.6. The standard InChI is InChI=1S/C17H31N3O2/c1-3-7-20-11-13-12-5-8-19(9-6-12)16(13)15(20)10-14(17(21)22)18-4-2/h12-16,18H,3-11H2,1-2H3,(H,21,22). The number of rotatable bonds is 7. The van der Waals surface area contributed by atoms with E-state index >= 15 is 0 Å². The molecule has 0 aliphatic carbocycles. The Morgan fingerprint density at radius 3 is 2.64 bits per heavy atom. The molecule has 0 aromatic rings. The number of carbonyl (C=O) groups is 1. The molecule has 0 aromatic heterocycles. The van der Waals surface area contributed by atoms with Crippen molar-refractivity contribution < 1.29 is 9.90 Å². The van der Waals surface area contributed by atoms with Crippen molar-refractivity contribution in [3.05, 3.63) is 0 Å². The number of fused-ring (bicyclic) bond motifs is 2. The lowest BCUT2D eigenvalue weighted by atomic mass is 9.73. The first-order chi connectivity index (χ1) is 10.7. The first kappa shape index (κ1) is 16.2. The van der Waals surface area contributed by atoms with E-state index in [-0.39, 0.29) is 0 Å². The fourth-order valence-corrected chi connectivity index (χ4v) is 5.20. The van der Waals surface area contributed by atoms with Crippen molar-refractivity contribution >= 4 is 5.97 Å². The third-order valence-corrected chi connectivity index (χ3v) is 6.09. The van der Waals surface area contributed by atoms with Crippen LogP contribution >= 0.6 is 0 Å². The number of hydrogen-bond donors (Lipinski definition) is 2. The van der Waals surface area contributed by atoms with Crippen LogP contribution < -0.4 is 5.32 Å². The summed E-state index contributed by atoms with van der Waals surface area (Å²) in [5.41, 5.74) is 0. The van der Waals surface area contributed by atoms with Gasteiger partial charge in [0.2, 0.25) is 0 Å². The van der Waals surface area contributed by atoms with E-state index < -0.39 is 12.0 Å². The molecular formula is C17H31N3O2. The Bertz CT molecular complexity index is 395. The normalized spacial score (nSPS) is 38.9. The maximum Gasteiger partial charge on any atom is 0.320 e. The molecule has 4 saturated heterocycles. The molecule has 4 unspecified atom stereocenters. The average molecular weight is 309 g/mol. The van der Waals surface area contributed by atoms with Gasteiger partial charge in [-0.3, -0.25) is 14.6 Å². The third kappa shape index (κ3) is 2.91. The molecule has 2 N–H and O–H groups in total. The molecule has 4 aliphatic heterocycles. The highest BCUT2D eigenvalue weighted by atomic mass is 16.4. The van der Waals surface area contributed by atoms with Gasteiger partial charge in [0.1, 0.15) is 6.04 Å². The van der Waals surface area contributed by atoms with E-state index in [0.717, 1.165) is 37.8 Å². The van der Waals surface area contributed by atoms with E-state index in [1.807, 2.05) is 6.92 Å². The topological polar surface area (TPSA) is 55.8 Å². The smallest absolute Gasteiger partial charge is 0.320 e. The van der Waals surface area contributed by atoms with Gasteiger partial charge in [-0.15, -0.1) is 0 Å². The zero-order valence-corrected chi connectivity index (χ0v) is 14.0. The quantitative estimate of drug-likeness (QED) is 0.741. The highest BCUT2D eigenvalue weighted by molar-refractivity contribution is 5.73. The molecule has 0 amide bonds. The van der Waals surface area contributed by atoms with Crippen molar-refractivity contribution in [2.24, 2.45) is 11.8 Å². The number of piperidine rings is 3. The Morgan fingerprint density at radius 2 is 2.05 bits per heavy atom. The minimum atomic E-state index is -0.697. The highest BCUT2D eigenvalue weighted by Crippen LogP contribution is 2.45. The number of nitrogens with zero attached hydrogens (tertiary/aromatic N) is 2. The van der Waals surface area contributed by atoms with Crippen LogP contribution in [-0.4, -0.2) is 71.7 Å². The van der Waals surface area contributed by atoms with E-state index in [0.29, 0.717) is 12.1 Å². The molecular weight excluding hydrogens is 278 g/mol. The van der Waals surface area contributed by atoms with E-state index in [9.17, 15) is 9.90 Å². The Balaban J connectivity index is 1.77. The molecule has 22 heavy (non-hydrogen) atoms. The van der Waals surface area contributed by atoms with Gasteiger partial charge in [-0.2, -0.15) is 0 Å². The fourth-order valence-electron chi connectivity index (χ4n) is 5.20. The first-order valence-corrected chi connectivity index (χ1v) is 9.10. The van der Waals surface area contributed by atoms with Crippen LogP contribution in [0.4, 0.5) is 0 Å². The average Bonchev–Trinajstić information content (AvgIpc) is 2.89. The van der Waals surface area contributed by atoms with Gasteiger partial charge in [0.25, 0.3) is 0 Å². The van der Waals surface area contributed by atoms with Crippen molar-refractivity contribution in [2.75, 3.05) is 32.7 Å². The van der Waals surface area contributed by atoms with Gasteiger partial charge in [0, 0.05) is 18.6 Å². The SMILES string of the molecule is CCCN1CC2C3CCN(CC3)C2C1CC(NCC)C(=O)O. The van der Waals surface area contributed by atoms with Gasteiger partial charge in [0.15, 0.2) is 0 Å². The molecule has 0 saturated carbocycles. The molecule has 0 spiro atoms. The predicted molar refractivity (Wildman–Crippen MR) is 86.9 cm³/mol. The van der Waals surface area contributed by atoms with Crippen LogP contribution in [0.3, 0.4) is 0 Å². The molecule has 4 fully saturated rings. The molecule has 4 aliphatic rings. The van der Waals surface area contributed by atoms with Crippen LogP contribution in [0.1, 0.15) is 39.5 Å². The molecule has 4 heterocycles. The van der Waals surface area contributed by atoms with Gasteiger partial charge in [-0.25, -0.2) is 0 Å². The summed E-state index contributed by atoms with van der Waals surface area (Å²) in [6.45, 7) is 9.68. The van der Waals surface area contributed by atoms with E-state index in [2.05, 4.69) is 22.0 Å². The number of carboxylic acids is 1. The van der Waals surface area contributed by atoms with Crippen LogP contribution in [-0.2, 0) is 4.79 Å². The molecule has 4 atom stereocenters. The van der Waals surface area contributed by atoms with Crippen molar-refractivity contribution in [1.82, 2.24) is 15.1 Å². The van der Waals surface area contributed by atoms with Gasteiger partial charge in [0.05, 0.1) is 0 Å². The fraction of sp³-hybridized carbons (Fsp3) is 0.941. The Labute approximate surface area is 134 Å². The zero-order valence-electron chi connectivity index (χ0n) is 14.0. The predicted octanol–water partition coefficient (Wildman–Crippen LogP) is 1.24. The Kier molecular flexibility index (Phi) is 5.05. The number of nitrogens with one attached hydrogen (secondary N) is 1. The van der Waals surface area contributed by atoms with E-state index in [1.165, 1.54) is 32.5 Å². The maximum absolute atomic E-state index is 11.6. The number of likely N-dealkylation sites (tertiary alicyclic amines) is 1. The number of likely N-dealkylation sites (N-methyl/N-ethyl adjacent to an activating group) is 1. The van der Waals surface area contributed by atoms with Crippen LogP contribution in [0.5, 0.6) is 0 Å². The monoisotopic (exact) mass is 309 g/mol. The minimum Gasteiger partial charge on any atom is -0.480 e. The van der Waals surface area contributed by atoms with Crippen molar-refractivity contribution in [1.29, 1.82) is 0 Å². The minimum absolute atomic E-state index is 0.408. The molecule has 2 bridgehead atoms. The summed E-state index contributed by atoms with van der Waals surface area (Å²) in [6.07, 6.45) is 4.60. The molecule has 0 radical (unpaired) electrons. The van der Waals surface area contributed by atoms with E-state index in [1.54, 1.807) is 0 Å². The summed E-state index contributed by atoms with van der Waals surface area (Å²) in [4.78, 5) is 16.8. The number of hydrogen-bond acceptors (Lipinski definition) is 4. The Morgan fingerprint density at radius 1 is 1.32 bits per heavy atom. The lowest BCUT2D eigenvalue weighted by molar-refractivity contribution is -0.140. The summed E-state index contributed by atoms with van der Waals surface area (Å²) >= 11 is 0. The zero-order chi connectivity index (χ0) is 15.7. The van der Waals surface area contributed by atoms with Gasteiger partial charge in [-0.05, 0) is 63.7 Å². The molecule has 4 rings (SSSR count). The lowest BCUT2D eigenvalue weighted by Gasteiger charge is -2.50. The summed E-state index contributed by atoms with van der Waals surface area (Å²) < 4.78 is 0. The third-order valence-electron chi connectivity index (χ3n) is 6.09. The molecule has 126 valence electrons. The molecule has 5 nitrogen and oxygen atoms in total. The van der Waals surface area contributed by atoms with Crippen LogP contribution in [0.25, 0.3) is 0 Å². The second-order valence-electron chi connectivity index (χ2n) is 7.27. The summed E-state index contributed by atoms with van der Waals surface area (Å²) in [5.74, 6) is 0.953. The van der Waals surface area contributed by atoms with Gasteiger partial charge in [-0.1, -0.05) is 13.8 Å². The first-order valence-electron chi connectivity index (χ1n) is 9.10. The van der Waals surface area contributed by atoms with Crippen molar-refractivity contribution in [3.8, 4) is 0 Å². The van der Waals surface area contributed by atoms with Crippen molar-refractivity contribution in [2.45, 2.75) is 57.7 Å². The molecule has 0 aromatic carbocycles. The number of aliphatic carboxylic acids is 1. The second kappa shape index (κ2) is 6.85. The van der Waals surface area contributed by atoms with Gasteiger partial charge < -0.3 is 10.4 Å².